The van der Waals surface area contributed by atoms with Gasteiger partial charge in [-0.3, -0.25) is 14.5 Å². The number of hydrogen-bond acceptors (Lipinski definition) is 6. The van der Waals surface area contributed by atoms with E-state index in [2.05, 4.69) is 9.36 Å². The molecular formula is C21H20F2N6O2S. The van der Waals surface area contributed by atoms with E-state index in [9.17, 15) is 18.4 Å². The Labute approximate surface area is 186 Å². The van der Waals surface area contributed by atoms with E-state index in [0.29, 0.717) is 48.3 Å². The fourth-order valence-corrected chi connectivity index (χ4v) is 4.97. The molecule has 11 heteroatoms. The van der Waals surface area contributed by atoms with Crippen LogP contribution in [0.15, 0.2) is 24.3 Å². The maximum atomic E-state index is 13.3. The summed E-state index contributed by atoms with van der Waals surface area (Å²) in [7, 11) is 0. The normalized spacial score (nSPS) is 18.3. The Balaban J connectivity index is 1.57. The second-order valence-electron chi connectivity index (χ2n) is 7.78. The number of anilines is 1. The lowest BCUT2D eigenvalue weighted by atomic mass is 10.1. The van der Waals surface area contributed by atoms with E-state index in [1.807, 2.05) is 11.5 Å². The van der Waals surface area contributed by atoms with Crippen molar-refractivity contribution in [2.45, 2.75) is 39.0 Å². The van der Waals surface area contributed by atoms with Crippen molar-refractivity contribution in [1.82, 2.24) is 23.8 Å². The van der Waals surface area contributed by atoms with Crippen LogP contribution in [0.1, 0.15) is 47.7 Å². The molecule has 1 aromatic carbocycles. The van der Waals surface area contributed by atoms with Gasteiger partial charge in [0.1, 0.15) is 5.82 Å². The number of aromatic nitrogens is 4. The molecule has 8 nitrogen and oxygen atoms in total. The maximum Gasteiger partial charge on any atom is 0.254 e. The first kappa shape index (κ1) is 20.7. The number of nitrogens with zero attached hydrogens (tertiary/aromatic N) is 6. The third kappa shape index (κ3) is 3.36. The van der Waals surface area contributed by atoms with Crippen LogP contribution in [-0.2, 0) is 18.0 Å². The van der Waals surface area contributed by atoms with Gasteiger partial charge in [-0.15, -0.1) is 0 Å². The molecule has 4 heterocycles. The highest BCUT2D eigenvalue weighted by molar-refractivity contribution is 7.09. The lowest BCUT2D eigenvalue weighted by Crippen LogP contribution is -2.42. The first-order chi connectivity index (χ1) is 15.5. The molecule has 0 radical (unpaired) electrons. The second-order valence-corrected chi connectivity index (χ2v) is 8.53. The van der Waals surface area contributed by atoms with Crippen molar-refractivity contribution in [2.24, 2.45) is 0 Å². The molecule has 0 unspecified atom stereocenters. The Morgan fingerprint density at radius 2 is 1.97 bits per heavy atom. The van der Waals surface area contributed by atoms with Crippen LogP contribution in [0.5, 0.6) is 0 Å². The summed E-state index contributed by atoms with van der Waals surface area (Å²) in [6, 6.07) is 5.06. The fourth-order valence-electron chi connectivity index (χ4n) is 4.31. The van der Waals surface area contributed by atoms with Crippen LogP contribution < -0.4 is 4.90 Å². The molecule has 0 bridgehead atoms. The van der Waals surface area contributed by atoms with E-state index in [-0.39, 0.29) is 23.7 Å². The topological polar surface area (TPSA) is 84.2 Å². The van der Waals surface area contributed by atoms with Crippen LogP contribution in [0, 0.1) is 5.82 Å². The summed E-state index contributed by atoms with van der Waals surface area (Å²) in [6.45, 7) is 2.50. The number of hydrogen-bond donors (Lipinski definition) is 0. The smallest absolute Gasteiger partial charge is 0.254 e. The van der Waals surface area contributed by atoms with Crippen molar-refractivity contribution in [3.63, 3.8) is 0 Å². The number of halogens is 2. The first-order valence-electron chi connectivity index (χ1n) is 10.3. The molecule has 2 aromatic heterocycles. The van der Waals surface area contributed by atoms with Crippen LogP contribution in [0.2, 0.25) is 0 Å². The Morgan fingerprint density at radius 3 is 2.62 bits per heavy atom. The number of carbonyl (C=O) groups is 2. The van der Waals surface area contributed by atoms with Gasteiger partial charge < -0.3 is 9.47 Å². The highest BCUT2D eigenvalue weighted by atomic mass is 32.1. The molecule has 2 aliphatic rings. The summed E-state index contributed by atoms with van der Waals surface area (Å²) in [5, 5.41) is 0.474. The molecule has 0 N–H and O–H groups in total. The summed E-state index contributed by atoms with van der Waals surface area (Å²) in [6.07, 6.45) is 1.18. The molecular weight excluding hydrogens is 438 g/mol. The molecule has 3 aromatic rings. The van der Waals surface area contributed by atoms with Crippen LogP contribution in [-0.4, -0.2) is 48.7 Å². The summed E-state index contributed by atoms with van der Waals surface area (Å²) in [4.78, 5) is 38.0. The summed E-state index contributed by atoms with van der Waals surface area (Å²) in [5.74, 6) is 0.471. The predicted octanol–water partition coefficient (Wildman–Crippen LogP) is 3.35. The predicted molar refractivity (Wildman–Crippen MR) is 113 cm³/mol. The van der Waals surface area contributed by atoms with Gasteiger partial charge >= 0.3 is 0 Å². The molecule has 166 valence electrons. The zero-order valence-electron chi connectivity index (χ0n) is 17.3. The van der Waals surface area contributed by atoms with Gasteiger partial charge in [-0.05, 0) is 49.1 Å². The minimum atomic E-state index is -0.766. The second kappa shape index (κ2) is 8.05. The van der Waals surface area contributed by atoms with Crippen molar-refractivity contribution in [3.8, 4) is 10.8 Å². The third-order valence-corrected chi connectivity index (χ3v) is 6.62. The number of amides is 2. The first-order valence-corrected chi connectivity index (χ1v) is 11.1. The molecule has 0 aliphatic carbocycles. The summed E-state index contributed by atoms with van der Waals surface area (Å²) in [5.41, 5.74) is 1.12. The van der Waals surface area contributed by atoms with E-state index in [1.165, 1.54) is 24.3 Å². The van der Waals surface area contributed by atoms with E-state index in [4.69, 9.17) is 4.98 Å². The lowest BCUT2D eigenvalue weighted by molar-refractivity contribution is -0.117. The fraction of sp³-hybridized carbons (Fsp3) is 0.381. The summed E-state index contributed by atoms with van der Waals surface area (Å²) < 4.78 is 32.3. The van der Waals surface area contributed by atoms with Crippen LogP contribution >= 0.6 is 11.5 Å². The Kier molecular flexibility index (Phi) is 5.20. The Hall–Kier alpha value is -3.21. The highest BCUT2D eigenvalue weighted by Crippen LogP contribution is 2.39. The number of benzene rings is 1. The number of carbonyl (C=O) groups excluding carboxylic acids is 2. The molecule has 2 aliphatic heterocycles. The van der Waals surface area contributed by atoms with E-state index in [0.717, 1.165) is 23.6 Å². The average molecular weight is 458 g/mol. The number of alkyl halides is 1. The van der Waals surface area contributed by atoms with Crippen LogP contribution in [0.3, 0.4) is 0 Å². The maximum absolute atomic E-state index is 13.3. The number of rotatable bonds is 4. The van der Waals surface area contributed by atoms with Crippen LogP contribution in [0.25, 0.3) is 10.8 Å². The van der Waals surface area contributed by atoms with E-state index < -0.39 is 12.5 Å². The van der Waals surface area contributed by atoms with Crippen molar-refractivity contribution < 1.29 is 18.4 Å². The average Bonchev–Trinajstić information content (AvgIpc) is 3.52. The molecule has 0 spiro atoms. The quantitative estimate of drug-likeness (QED) is 0.599. The van der Waals surface area contributed by atoms with E-state index >= 15 is 0 Å². The Bertz CT molecular complexity index is 1190. The van der Waals surface area contributed by atoms with Crippen molar-refractivity contribution >= 4 is 29.2 Å². The van der Waals surface area contributed by atoms with Gasteiger partial charge in [0.05, 0.1) is 11.7 Å². The monoisotopic (exact) mass is 458 g/mol. The van der Waals surface area contributed by atoms with Crippen LogP contribution in [0.4, 0.5) is 14.6 Å². The zero-order chi connectivity index (χ0) is 22.4. The Morgan fingerprint density at radius 1 is 1.19 bits per heavy atom. The van der Waals surface area contributed by atoms with Crippen molar-refractivity contribution in [2.75, 3.05) is 18.0 Å². The largest absolute Gasteiger partial charge is 0.328 e. The zero-order valence-corrected chi connectivity index (χ0v) is 18.1. The van der Waals surface area contributed by atoms with Gasteiger partial charge in [0, 0.05) is 31.6 Å². The van der Waals surface area contributed by atoms with Gasteiger partial charge in [-0.25, -0.2) is 18.7 Å². The van der Waals surface area contributed by atoms with Gasteiger partial charge in [0.2, 0.25) is 5.91 Å². The molecule has 32 heavy (non-hydrogen) atoms. The lowest BCUT2D eigenvalue weighted by Gasteiger charge is -2.36. The molecule has 0 saturated carbocycles. The number of imidazole rings is 1. The molecule has 1 saturated heterocycles. The van der Waals surface area contributed by atoms with E-state index in [1.54, 1.807) is 9.80 Å². The summed E-state index contributed by atoms with van der Waals surface area (Å²) >= 11 is 1.06. The molecule has 2 amide bonds. The number of fused-ring (bicyclic) bond motifs is 1. The van der Waals surface area contributed by atoms with Gasteiger partial charge in [0.25, 0.3) is 5.91 Å². The third-order valence-electron chi connectivity index (χ3n) is 5.88. The van der Waals surface area contributed by atoms with Crippen molar-refractivity contribution in [1.29, 1.82) is 0 Å². The minimum absolute atomic E-state index is 0.0201. The van der Waals surface area contributed by atoms with Crippen molar-refractivity contribution in [3.05, 3.63) is 47.2 Å². The minimum Gasteiger partial charge on any atom is -0.328 e. The SMILES string of the molecule is C[C@H]1c2c(N3CCCC3=O)nc(-c3nc(CF)ns3)n2CCN1C(=O)c1ccc(F)cc1. The molecule has 1 fully saturated rings. The highest BCUT2D eigenvalue weighted by Gasteiger charge is 2.38. The molecule has 1 atom stereocenters. The van der Waals surface area contributed by atoms with Gasteiger partial charge in [0.15, 0.2) is 29.1 Å². The van der Waals surface area contributed by atoms with Gasteiger partial charge in [-0.1, -0.05) is 0 Å². The standard InChI is InChI=1S/C21H20F2N6O2S/c1-12-17-18(28-8-2-3-16(28)30)25-19(20-24-15(11-22)26-32-20)29(17)10-9-27(12)21(31)13-4-6-14(23)7-5-13/h4-7,12H,2-3,8-11H2,1H3/t12-/m0/s1. The van der Waals surface area contributed by atoms with Gasteiger partial charge in [-0.2, -0.15) is 4.37 Å². The molecule has 5 rings (SSSR count).